The molecule has 0 saturated carbocycles. The van der Waals surface area contributed by atoms with E-state index >= 15 is 0 Å². The number of benzene rings is 1. The molecule has 146 valence electrons. The van der Waals surface area contributed by atoms with Crippen LogP contribution in [0.4, 0.5) is 0 Å². The molecule has 1 N–H and O–H groups in total. The number of rotatable bonds is 5. The molecule has 1 atom stereocenters. The first kappa shape index (κ1) is 19.8. The van der Waals surface area contributed by atoms with Crippen molar-refractivity contribution in [3.63, 3.8) is 0 Å². The summed E-state index contributed by atoms with van der Waals surface area (Å²) in [5.74, 6) is 0.944. The molecule has 0 radical (unpaired) electrons. The third kappa shape index (κ3) is 5.08. The van der Waals surface area contributed by atoms with Gasteiger partial charge in [0, 0.05) is 31.9 Å². The Balaban J connectivity index is 1.58. The van der Waals surface area contributed by atoms with Gasteiger partial charge in [-0.15, -0.1) is 11.3 Å². The fourth-order valence-electron chi connectivity index (χ4n) is 3.48. The minimum absolute atomic E-state index is 0.0866. The summed E-state index contributed by atoms with van der Waals surface area (Å²) in [7, 11) is 1.85. The van der Waals surface area contributed by atoms with E-state index in [4.69, 9.17) is 4.74 Å². The monoisotopic (exact) mass is 386 g/mol. The summed E-state index contributed by atoms with van der Waals surface area (Å²) in [6, 6.07) is 6.59. The highest BCUT2D eigenvalue weighted by molar-refractivity contribution is 7.09. The third-order valence-electron chi connectivity index (χ3n) is 4.92. The molecular formula is C21H30N4OS. The molecule has 1 aromatic carbocycles. The lowest BCUT2D eigenvalue weighted by Gasteiger charge is -2.35. The lowest BCUT2D eigenvalue weighted by atomic mass is 10.00. The number of ether oxygens (including phenoxy) is 1. The molecule has 27 heavy (non-hydrogen) atoms. The molecule has 0 amide bonds. The number of hydrogen-bond acceptors (Lipinski definition) is 4. The van der Waals surface area contributed by atoms with Crippen molar-refractivity contribution in [2.45, 2.75) is 39.7 Å². The van der Waals surface area contributed by atoms with Crippen LogP contribution in [0.25, 0.3) is 0 Å². The van der Waals surface area contributed by atoms with Crippen LogP contribution in [-0.4, -0.2) is 49.1 Å². The molecule has 1 saturated heterocycles. The first-order chi connectivity index (χ1) is 13.1. The zero-order valence-electron chi connectivity index (χ0n) is 16.8. The number of aliphatic imine (C=N–C) groups is 1. The van der Waals surface area contributed by atoms with Crippen LogP contribution in [-0.2, 0) is 17.6 Å². The van der Waals surface area contributed by atoms with E-state index < -0.39 is 0 Å². The van der Waals surface area contributed by atoms with Crippen molar-refractivity contribution in [1.29, 1.82) is 0 Å². The first-order valence-electron chi connectivity index (χ1n) is 9.68. The van der Waals surface area contributed by atoms with Crippen molar-refractivity contribution in [2.75, 3.05) is 33.3 Å². The molecular weight excluding hydrogens is 356 g/mol. The topological polar surface area (TPSA) is 49.8 Å². The Morgan fingerprint density at radius 3 is 2.96 bits per heavy atom. The Hall–Kier alpha value is -1.92. The quantitative estimate of drug-likeness (QED) is 0.631. The van der Waals surface area contributed by atoms with Gasteiger partial charge in [-0.25, -0.2) is 4.98 Å². The van der Waals surface area contributed by atoms with Gasteiger partial charge in [0.1, 0.15) is 6.10 Å². The summed E-state index contributed by atoms with van der Waals surface area (Å²) in [6.07, 6.45) is 2.01. The van der Waals surface area contributed by atoms with Gasteiger partial charge >= 0.3 is 0 Å². The van der Waals surface area contributed by atoms with Gasteiger partial charge < -0.3 is 15.0 Å². The number of nitrogens with zero attached hydrogens (tertiary/aromatic N) is 3. The maximum absolute atomic E-state index is 6.07. The summed E-state index contributed by atoms with van der Waals surface area (Å²) in [5.41, 5.74) is 5.01. The van der Waals surface area contributed by atoms with Gasteiger partial charge in [-0.2, -0.15) is 0 Å². The van der Waals surface area contributed by atoms with Crippen molar-refractivity contribution < 1.29 is 4.74 Å². The van der Waals surface area contributed by atoms with Gasteiger partial charge in [0.2, 0.25) is 0 Å². The van der Waals surface area contributed by atoms with Crippen LogP contribution in [0.1, 0.15) is 40.4 Å². The highest BCUT2D eigenvalue weighted by Crippen LogP contribution is 2.25. The van der Waals surface area contributed by atoms with Crippen LogP contribution >= 0.6 is 11.3 Å². The summed E-state index contributed by atoms with van der Waals surface area (Å²) in [4.78, 5) is 11.4. The highest BCUT2D eigenvalue weighted by Gasteiger charge is 2.25. The summed E-state index contributed by atoms with van der Waals surface area (Å²) < 4.78 is 6.07. The first-order valence-corrected chi connectivity index (χ1v) is 10.6. The molecule has 1 unspecified atom stereocenters. The van der Waals surface area contributed by atoms with E-state index in [1.165, 1.54) is 21.7 Å². The van der Waals surface area contributed by atoms with Gasteiger partial charge in [-0.05, 0) is 31.4 Å². The van der Waals surface area contributed by atoms with Gasteiger partial charge in [-0.1, -0.05) is 30.7 Å². The maximum atomic E-state index is 6.07. The number of morpholine rings is 1. The van der Waals surface area contributed by atoms with Gasteiger partial charge in [0.15, 0.2) is 5.96 Å². The van der Waals surface area contributed by atoms with Crippen LogP contribution in [0.15, 0.2) is 28.6 Å². The molecule has 1 aliphatic heterocycles. The van der Waals surface area contributed by atoms with E-state index in [9.17, 15) is 0 Å². The average Bonchev–Trinajstić information content (AvgIpc) is 3.13. The Morgan fingerprint density at radius 2 is 2.26 bits per heavy atom. The van der Waals surface area contributed by atoms with E-state index in [0.29, 0.717) is 6.61 Å². The number of nitrogens with one attached hydrogen (secondary N) is 1. The molecule has 6 heteroatoms. The van der Waals surface area contributed by atoms with Crippen molar-refractivity contribution in [3.05, 3.63) is 51.0 Å². The predicted molar refractivity (Wildman–Crippen MR) is 113 cm³/mol. The maximum Gasteiger partial charge on any atom is 0.193 e. The molecule has 2 heterocycles. The molecule has 0 spiro atoms. The SMILES string of the molecule is CCc1nc(CCNC(=NC)N2CCOC(c3ccc(C)cc3C)C2)cs1. The van der Waals surface area contributed by atoms with Crippen LogP contribution in [0.3, 0.4) is 0 Å². The van der Waals surface area contributed by atoms with E-state index in [2.05, 4.69) is 64.5 Å². The second-order valence-electron chi connectivity index (χ2n) is 6.98. The largest absolute Gasteiger partial charge is 0.370 e. The van der Waals surface area contributed by atoms with Crippen LogP contribution in [0, 0.1) is 13.8 Å². The Kier molecular flexibility index (Phi) is 6.85. The predicted octanol–water partition coefficient (Wildman–Crippen LogP) is 3.51. The average molecular weight is 387 g/mol. The lowest BCUT2D eigenvalue weighted by Crippen LogP contribution is -2.48. The number of guanidine groups is 1. The molecule has 0 bridgehead atoms. The second kappa shape index (κ2) is 9.33. The minimum atomic E-state index is 0.0866. The van der Waals surface area contributed by atoms with Crippen molar-refractivity contribution in [3.8, 4) is 0 Å². The van der Waals surface area contributed by atoms with Crippen molar-refractivity contribution in [2.24, 2.45) is 4.99 Å². The molecule has 5 nitrogen and oxygen atoms in total. The zero-order chi connectivity index (χ0) is 19.2. The fourth-order valence-corrected chi connectivity index (χ4v) is 4.26. The highest BCUT2D eigenvalue weighted by atomic mass is 32.1. The minimum Gasteiger partial charge on any atom is -0.370 e. The van der Waals surface area contributed by atoms with Gasteiger partial charge in [0.05, 0.1) is 23.9 Å². The van der Waals surface area contributed by atoms with E-state index in [1.54, 1.807) is 11.3 Å². The van der Waals surface area contributed by atoms with E-state index in [-0.39, 0.29) is 6.10 Å². The lowest BCUT2D eigenvalue weighted by molar-refractivity contribution is -0.00830. The summed E-state index contributed by atoms with van der Waals surface area (Å²) in [5, 5.41) is 6.86. The molecule has 1 aliphatic rings. The number of hydrogen-bond donors (Lipinski definition) is 1. The molecule has 3 rings (SSSR count). The Labute approximate surface area is 166 Å². The third-order valence-corrected chi connectivity index (χ3v) is 5.96. The van der Waals surface area contributed by atoms with Crippen LogP contribution in [0.2, 0.25) is 0 Å². The smallest absolute Gasteiger partial charge is 0.193 e. The number of thiazole rings is 1. The Bertz CT molecular complexity index is 786. The zero-order valence-corrected chi connectivity index (χ0v) is 17.6. The van der Waals surface area contributed by atoms with Crippen LogP contribution in [0.5, 0.6) is 0 Å². The van der Waals surface area contributed by atoms with Crippen molar-refractivity contribution >= 4 is 17.3 Å². The summed E-state index contributed by atoms with van der Waals surface area (Å²) in [6.45, 7) is 9.67. The van der Waals surface area contributed by atoms with Crippen molar-refractivity contribution in [1.82, 2.24) is 15.2 Å². The standard InChI is InChI=1S/C21H30N4OS/c1-5-20-24-17(14-27-20)8-9-23-21(22-4)25-10-11-26-19(13-25)18-7-6-15(2)12-16(18)3/h6-7,12,14,19H,5,8-11,13H2,1-4H3,(H,22,23). The molecule has 1 fully saturated rings. The normalized spacial score (nSPS) is 18.0. The second-order valence-corrected chi connectivity index (χ2v) is 7.92. The number of aromatic nitrogens is 1. The Morgan fingerprint density at radius 1 is 1.41 bits per heavy atom. The fraction of sp³-hybridized carbons (Fsp3) is 0.524. The van der Waals surface area contributed by atoms with E-state index in [1.807, 2.05) is 7.05 Å². The summed E-state index contributed by atoms with van der Waals surface area (Å²) >= 11 is 1.75. The molecule has 2 aromatic rings. The molecule has 1 aromatic heterocycles. The van der Waals surface area contributed by atoms with E-state index in [0.717, 1.165) is 44.1 Å². The van der Waals surface area contributed by atoms with Crippen LogP contribution < -0.4 is 5.32 Å². The van der Waals surface area contributed by atoms with Gasteiger partial charge in [0.25, 0.3) is 0 Å². The molecule has 0 aliphatic carbocycles. The number of aryl methyl sites for hydroxylation is 3. The van der Waals surface area contributed by atoms with Gasteiger partial charge in [-0.3, -0.25) is 4.99 Å².